The van der Waals surface area contributed by atoms with E-state index < -0.39 is 0 Å². The maximum atomic E-state index is 12.5. The smallest absolute Gasteiger partial charge is 0.414 e. The minimum Gasteiger partial charge on any atom is -0.442 e. The van der Waals surface area contributed by atoms with Crippen molar-refractivity contribution in [3.05, 3.63) is 65.9 Å². The van der Waals surface area contributed by atoms with Gasteiger partial charge >= 0.3 is 6.09 Å². The highest BCUT2D eigenvalue weighted by Gasteiger charge is 2.32. The predicted molar refractivity (Wildman–Crippen MR) is 137 cm³/mol. The number of nitrogens with one attached hydrogen (secondary N) is 2. The maximum Gasteiger partial charge on any atom is 0.414 e. The molecular weight excluding hydrogens is 456 g/mol. The summed E-state index contributed by atoms with van der Waals surface area (Å²) >= 11 is 0. The first kappa shape index (κ1) is 23.7. The monoisotopic (exact) mass is 486 g/mol. The largest absolute Gasteiger partial charge is 0.442 e. The average Bonchev–Trinajstić information content (AvgIpc) is 3.27. The number of amides is 2. The molecule has 2 N–H and O–H groups in total. The van der Waals surface area contributed by atoms with Crippen LogP contribution in [0, 0.1) is 0 Å². The summed E-state index contributed by atoms with van der Waals surface area (Å²) < 4.78 is 5.43. The van der Waals surface area contributed by atoms with Crippen molar-refractivity contribution >= 4 is 23.5 Å². The van der Waals surface area contributed by atoms with Crippen LogP contribution in [0.5, 0.6) is 0 Å². The van der Waals surface area contributed by atoms with Gasteiger partial charge in [0.1, 0.15) is 11.9 Å². The second-order valence-corrected chi connectivity index (χ2v) is 9.25. The van der Waals surface area contributed by atoms with Gasteiger partial charge in [-0.05, 0) is 54.2 Å². The van der Waals surface area contributed by atoms with Crippen LogP contribution >= 0.6 is 0 Å². The zero-order valence-corrected chi connectivity index (χ0v) is 20.5. The van der Waals surface area contributed by atoms with Crippen molar-refractivity contribution in [1.29, 1.82) is 0 Å². The van der Waals surface area contributed by atoms with E-state index in [1.807, 2.05) is 12.3 Å². The molecule has 9 heteroatoms. The number of fused-ring (bicyclic) bond motifs is 1. The summed E-state index contributed by atoms with van der Waals surface area (Å²) in [4.78, 5) is 38.5. The Morgan fingerprint density at radius 1 is 1.19 bits per heavy atom. The fourth-order valence-electron chi connectivity index (χ4n) is 4.88. The van der Waals surface area contributed by atoms with Crippen LogP contribution in [0.15, 0.2) is 49.1 Å². The van der Waals surface area contributed by atoms with Gasteiger partial charge in [0, 0.05) is 54.9 Å². The van der Waals surface area contributed by atoms with Crippen LogP contribution in [0.2, 0.25) is 0 Å². The Kier molecular flexibility index (Phi) is 6.79. The Morgan fingerprint density at radius 2 is 2.08 bits per heavy atom. The first-order valence-corrected chi connectivity index (χ1v) is 12.4. The third-order valence-electron chi connectivity index (χ3n) is 6.72. The van der Waals surface area contributed by atoms with E-state index in [9.17, 15) is 9.59 Å². The summed E-state index contributed by atoms with van der Waals surface area (Å²) in [5.41, 5.74) is 6.55. The molecule has 1 aliphatic carbocycles. The third kappa shape index (κ3) is 5.15. The number of hydrogen-bond acceptors (Lipinski definition) is 7. The molecule has 1 aliphatic heterocycles. The van der Waals surface area contributed by atoms with E-state index in [0.717, 1.165) is 59.6 Å². The average molecular weight is 487 g/mol. The highest BCUT2D eigenvalue weighted by atomic mass is 16.6. The van der Waals surface area contributed by atoms with Crippen molar-refractivity contribution in [1.82, 2.24) is 20.3 Å². The summed E-state index contributed by atoms with van der Waals surface area (Å²) in [6.07, 6.45) is 9.93. The number of nitrogens with zero attached hydrogens (tertiary/aromatic N) is 4. The van der Waals surface area contributed by atoms with Crippen LogP contribution in [0.4, 0.5) is 16.3 Å². The second kappa shape index (κ2) is 10.3. The van der Waals surface area contributed by atoms with Crippen molar-refractivity contribution in [2.24, 2.45) is 0 Å². The van der Waals surface area contributed by atoms with Crippen LogP contribution in [-0.2, 0) is 28.8 Å². The Bertz CT molecular complexity index is 1270. The highest BCUT2D eigenvalue weighted by molar-refractivity contribution is 5.90. The topological polar surface area (TPSA) is 109 Å². The zero-order chi connectivity index (χ0) is 25.1. The normalized spacial score (nSPS) is 18.9. The lowest BCUT2D eigenvalue weighted by molar-refractivity contribution is -0.119. The van der Waals surface area contributed by atoms with Crippen molar-refractivity contribution in [3.8, 4) is 11.1 Å². The number of cyclic esters (lactones) is 1. The first-order chi connectivity index (χ1) is 17.5. The molecule has 0 spiro atoms. The predicted octanol–water partition coefficient (Wildman–Crippen LogP) is 3.53. The molecule has 186 valence electrons. The summed E-state index contributed by atoms with van der Waals surface area (Å²) in [5, 5.41) is 6.18. The number of benzene rings is 1. The quantitative estimate of drug-likeness (QED) is 0.526. The number of carbonyl (C=O) groups is 2. The number of ether oxygens (including phenoxy) is 1. The van der Waals surface area contributed by atoms with Gasteiger partial charge in [-0.1, -0.05) is 13.0 Å². The molecule has 2 aliphatic rings. The Balaban J connectivity index is 1.31. The fraction of sp³-hybridized carbons (Fsp3) is 0.370. The molecule has 2 unspecified atom stereocenters. The van der Waals surface area contributed by atoms with Crippen LogP contribution in [0.3, 0.4) is 0 Å². The van der Waals surface area contributed by atoms with Crippen LogP contribution < -0.4 is 15.5 Å². The summed E-state index contributed by atoms with van der Waals surface area (Å²) in [5.74, 6) is 0.650. The van der Waals surface area contributed by atoms with Gasteiger partial charge in [0.15, 0.2) is 0 Å². The van der Waals surface area contributed by atoms with Crippen molar-refractivity contribution in [2.75, 3.05) is 23.3 Å². The van der Waals surface area contributed by atoms with Gasteiger partial charge in [0.05, 0.1) is 19.3 Å². The van der Waals surface area contributed by atoms with Crippen LogP contribution in [0.1, 0.15) is 37.1 Å². The number of pyridine rings is 1. The standard InChI is InChI=1S/C27H30N6O3/c1-3-18-11-22(33-16-23(36-27(33)35)14-30-17(2)34)6-7-24(18)20-10-19-4-5-21(12-25(19)31-13-20)32-26-15-28-8-9-29-26/h6-11,13,15,21,23H,3-5,12,14,16H2,1-2H3,(H,29,32)(H,30,34). The summed E-state index contributed by atoms with van der Waals surface area (Å²) in [6.45, 7) is 4.28. The van der Waals surface area contributed by atoms with E-state index in [1.54, 1.807) is 23.5 Å². The first-order valence-electron chi connectivity index (χ1n) is 12.4. The van der Waals surface area contributed by atoms with E-state index in [-0.39, 0.29) is 24.1 Å². The van der Waals surface area contributed by atoms with E-state index in [4.69, 9.17) is 9.72 Å². The van der Waals surface area contributed by atoms with Gasteiger partial charge in [-0.25, -0.2) is 9.78 Å². The summed E-state index contributed by atoms with van der Waals surface area (Å²) in [6, 6.07) is 8.61. The van der Waals surface area contributed by atoms with Gasteiger partial charge in [0.25, 0.3) is 0 Å². The Hall–Kier alpha value is -4.01. The van der Waals surface area contributed by atoms with Crippen LogP contribution in [0.25, 0.3) is 11.1 Å². The van der Waals surface area contributed by atoms with Gasteiger partial charge in [0.2, 0.25) is 5.91 Å². The van der Waals surface area contributed by atoms with Crippen molar-refractivity contribution in [2.45, 2.75) is 51.7 Å². The number of carbonyl (C=O) groups excluding carboxylic acids is 2. The number of aromatic nitrogens is 3. The molecule has 36 heavy (non-hydrogen) atoms. The highest BCUT2D eigenvalue weighted by Crippen LogP contribution is 2.32. The lowest BCUT2D eigenvalue weighted by Gasteiger charge is -2.25. The fourth-order valence-corrected chi connectivity index (χ4v) is 4.88. The Morgan fingerprint density at radius 3 is 2.86 bits per heavy atom. The maximum absolute atomic E-state index is 12.5. The lowest BCUT2D eigenvalue weighted by atomic mass is 9.89. The molecule has 2 aromatic heterocycles. The zero-order valence-electron chi connectivity index (χ0n) is 20.5. The number of rotatable bonds is 7. The van der Waals surface area contributed by atoms with E-state index in [1.165, 1.54) is 12.5 Å². The molecule has 5 rings (SSSR count). The molecule has 1 fully saturated rings. The molecule has 3 aromatic rings. The van der Waals surface area contributed by atoms with Crippen molar-refractivity contribution in [3.63, 3.8) is 0 Å². The summed E-state index contributed by atoms with van der Waals surface area (Å²) in [7, 11) is 0. The van der Waals surface area contributed by atoms with Gasteiger partial charge < -0.3 is 15.4 Å². The molecule has 1 saturated heterocycles. The minimum atomic E-state index is -0.389. The molecule has 3 heterocycles. The number of aryl methyl sites for hydroxylation is 2. The molecule has 2 amide bonds. The SMILES string of the molecule is CCc1cc(N2CC(CNC(C)=O)OC2=O)ccc1-c1cnc2c(c1)CCC(Nc1cnccn1)C2. The minimum absolute atomic E-state index is 0.141. The molecule has 1 aromatic carbocycles. The molecule has 9 nitrogen and oxygen atoms in total. The van der Waals surface area contributed by atoms with Crippen LogP contribution in [-0.4, -0.2) is 52.2 Å². The molecule has 0 bridgehead atoms. The van der Waals surface area contributed by atoms with Crippen molar-refractivity contribution < 1.29 is 14.3 Å². The third-order valence-corrected chi connectivity index (χ3v) is 6.72. The lowest BCUT2D eigenvalue weighted by Crippen LogP contribution is -2.33. The van der Waals surface area contributed by atoms with Gasteiger partial charge in [-0.15, -0.1) is 0 Å². The molecule has 0 radical (unpaired) electrons. The number of hydrogen-bond donors (Lipinski definition) is 2. The molecule has 0 saturated carbocycles. The van der Waals surface area contributed by atoms with E-state index in [0.29, 0.717) is 13.1 Å². The van der Waals surface area contributed by atoms with Gasteiger partial charge in [-0.2, -0.15) is 0 Å². The Labute approximate surface area is 210 Å². The van der Waals surface area contributed by atoms with E-state index >= 15 is 0 Å². The second-order valence-electron chi connectivity index (χ2n) is 9.25. The number of anilines is 2. The van der Waals surface area contributed by atoms with E-state index in [2.05, 4.69) is 45.7 Å². The molecule has 2 atom stereocenters. The van der Waals surface area contributed by atoms with Gasteiger partial charge in [-0.3, -0.25) is 19.7 Å². The molecular formula is C27H30N6O3.